The Bertz CT molecular complexity index is 523. The van der Waals surface area contributed by atoms with Crippen molar-refractivity contribution in [1.82, 2.24) is 4.72 Å². The van der Waals surface area contributed by atoms with Crippen molar-refractivity contribution in [1.29, 1.82) is 0 Å². The molecule has 2 rings (SSSR count). The maximum absolute atomic E-state index is 12.1. The minimum Gasteiger partial charge on any atom is -0.396 e. The van der Waals surface area contributed by atoms with Crippen LogP contribution in [0.3, 0.4) is 0 Å². The molecule has 8 heteroatoms. The van der Waals surface area contributed by atoms with E-state index in [2.05, 4.69) is 20.7 Å². The molecule has 0 aromatic carbocycles. The fourth-order valence-corrected chi connectivity index (χ4v) is 5.17. The molecule has 1 aromatic rings. The highest BCUT2D eigenvalue weighted by molar-refractivity contribution is 9.11. The lowest BCUT2D eigenvalue weighted by Crippen LogP contribution is -2.43. The Morgan fingerprint density at radius 3 is 2.63 bits per heavy atom. The molecule has 1 fully saturated rings. The number of hydrogen-bond acceptors (Lipinski definition) is 5. The van der Waals surface area contributed by atoms with Gasteiger partial charge in [0.1, 0.15) is 4.21 Å². The van der Waals surface area contributed by atoms with Crippen molar-refractivity contribution in [3.63, 3.8) is 0 Å². The van der Waals surface area contributed by atoms with Crippen molar-refractivity contribution in [2.75, 3.05) is 26.4 Å². The summed E-state index contributed by atoms with van der Waals surface area (Å²) in [7, 11) is -3.50. The number of ether oxygens (including phenoxy) is 1. The molecule has 2 N–H and O–H groups in total. The molecule has 0 saturated carbocycles. The van der Waals surface area contributed by atoms with E-state index in [1.807, 2.05) is 0 Å². The SMILES string of the molecule is O=S(=O)(NCC1(CO)CCOCC1)c1ccc(Br)s1. The Morgan fingerprint density at radius 2 is 2.11 bits per heavy atom. The second-order valence-electron chi connectivity index (χ2n) is 4.65. The summed E-state index contributed by atoms with van der Waals surface area (Å²) in [5, 5.41) is 9.52. The molecule has 0 spiro atoms. The zero-order valence-corrected chi connectivity index (χ0v) is 13.5. The van der Waals surface area contributed by atoms with Crippen LogP contribution in [0.1, 0.15) is 12.8 Å². The maximum Gasteiger partial charge on any atom is 0.250 e. The first-order valence-electron chi connectivity index (χ1n) is 5.91. The van der Waals surface area contributed by atoms with Gasteiger partial charge in [-0.15, -0.1) is 11.3 Å². The summed E-state index contributed by atoms with van der Waals surface area (Å²) in [4.78, 5) is 0. The minimum atomic E-state index is -3.50. The predicted octanol–water partition coefficient (Wildman–Crippen LogP) is 1.58. The van der Waals surface area contributed by atoms with E-state index in [0.717, 1.165) is 3.79 Å². The lowest BCUT2D eigenvalue weighted by atomic mass is 9.81. The van der Waals surface area contributed by atoms with E-state index in [1.165, 1.54) is 11.3 Å². The summed E-state index contributed by atoms with van der Waals surface area (Å²) in [5.74, 6) is 0. The van der Waals surface area contributed by atoms with Crippen LogP contribution in [0.2, 0.25) is 0 Å². The van der Waals surface area contributed by atoms with Crippen LogP contribution in [-0.2, 0) is 14.8 Å². The number of aliphatic hydroxyl groups excluding tert-OH is 1. The molecule has 1 aromatic heterocycles. The number of hydrogen-bond donors (Lipinski definition) is 2. The highest BCUT2D eigenvalue weighted by Crippen LogP contribution is 2.30. The first kappa shape index (κ1) is 15.4. The van der Waals surface area contributed by atoms with Gasteiger partial charge in [-0.2, -0.15) is 0 Å². The fourth-order valence-electron chi connectivity index (χ4n) is 1.96. The van der Waals surface area contributed by atoms with E-state index in [0.29, 0.717) is 26.1 Å². The molecule has 0 aliphatic carbocycles. The van der Waals surface area contributed by atoms with Gasteiger partial charge in [0, 0.05) is 25.2 Å². The van der Waals surface area contributed by atoms with Crippen molar-refractivity contribution < 1.29 is 18.3 Å². The Balaban J connectivity index is 2.04. The molecular weight excluding hydrogens is 354 g/mol. The van der Waals surface area contributed by atoms with Gasteiger partial charge in [0.05, 0.1) is 10.4 Å². The summed E-state index contributed by atoms with van der Waals surface area (Å²) in [6.45, 7) is 1.33. The van der Waals surface area contributed by atoms with Crippen molar-refractivity contribution in [3.8, 4) is 0 Å². The van der Waals surface area contributed by atoms with Crippen LogP contribution in [0.4, 0.5) is 0 Å². The number of nitrogens with one attached hydrogen (secondary N) is 1. The van der Waals surface area contributed by atoms with Crippen molar-refractivity contribution in [2.24, 2.45) is 5.41 Å². The molecule has 0 unspecified atom stereocenters. The molecule has 0 bridgehead atoms. The van der Waals surface area contributed by atoms with E-state index in [1.54, 1.807) is 12.1 Å². The largest absolute Gasteiger partial charge is 0.396 e. The quantitative estimate of drug-likeness (QED) is 0.825. The molecule has 2 heterocycles. The van der Waals surface area contributed by atoms with Crippen LogP contribution in [-0.4, -0.2) is 39.9 Å². The number of sulfonamides is 1. The Labute approximate surface area is 125 Å². The summed E-state index contributed by atoms with van der Waals surface area (Å²) < 4.78 is 33.1. The van der Waals surface area contributed by atoms with Gasteiger partial charge in [0.15, 0.2) is 0 Å². The first-order valence-corrected chi connectivity index (χ1v) is 9.00. The van der Waals surface area contributed by atoms with E-state index in [-0.39, 0.29) is 17.4 Å². The average molecular weight is 370 g/mol. The Hall–Kier alpha value is 0.01000. The number of aliphatic hydroxyl groups is 1. The van der Waals surface area contributed by atoms with Crippen molar-refractivity contribution >= 4 is 37.3 Å². The van der Waals surface area contributed by atoms with Crippen LogP contribution < -0.4 is 4.72 Å². The predicted molar refractivity (Wildman–Crippen MR) is 76.8 cm³/mol. The normalized spacial score (nSPS) is 19.5. The Morgan fingerprint density at radius 1 is 1.42 bits per heavy atom. The van der Waals surface area contributed by atoms with Crippen LogP contribution in [0.5, 0.6) is 0 Å². The third-order valence-electron chi connectivity index (χ3n) is 3.34. The summed E-state index contributed by atoms with van der Waals surface area (Å²) >= 11 is 4.41. The third kappa shape index (κ3) is 3.77. The molecule has 1 saturated heterocycles. The Kier molecular flexibility index (Phi) is 5.02. The number of halogens is 1. The molecule has 0 amide bonds. The number of thiophene rings is 1. The molecule has 108 valence electrons. The highest BCUT2D eigenvalue weighted by atomic mass is 79.9. The summed E-state index contributed by atoms with van der Waals surface area (Å²) in [5.41, 5.74) is -0.403. The molecule has 1 aliphatic heterocycles. The van der Waals surface area contributed by atoms with E-state index < -0.39 is 15.4 Å². The standard InChI is InChI=1S/C11H16BrNO4S2/c12-9-1-2-10(18-9)19(15,16)13-7-11(8-14)3-5-17-6-4-11/h1-2,13-14H,3-8H2. The molecule has 0 radical (unpaired) electrons. The third-order valence-corrected chi connectivity index (χ3v) is 6.86. The van der Waals surface area contributed by atoms with Crippen LogP contribution in [0.15, 0.2) is 20.1 Å². The molecular formula is C11H16BrNO4S2. The minimum absolute atomic E-state index is 0.0347. The van der Waals surface area contributed by atoms with E-state index in [4.69, 9.17) is 4.74 Å². The topological polar surface area (TPSA) is 75.6 Å². The van der Waals surface area contributed by atoms with Gasteiger partial charge >= 0.3 is 0 Å². The van der Waals surface area contributed by atoms with E-state index >= 15 is 0 Å². The van der Waals surface area contributed by atoms with Gasteiger partial charge < -0.3 is 9.84 Å². The second-order valence-corrected chi connectivity index (χ2v) is 9.11. The van der Waals surface area contributed by atoms with Crippen LogP contribution in [0.25, 0.3) is 0 Å². The number of rotatable bonds is 5. The molecule has 19 heavy (non-hydrogen) atoms. The second kappa shape index (κ2) is 6.19. The average Bonchev–Trinajstić information content (AvgIpc) is 2.85. The molecule has 5 nitrogen and oxygen atoms in total. The van der Waals surface area contributed by atoms with Gasteiger partial charge in [-0.1, -0.05) is 0 Å². The van der Waals surface area contributed by atoms with Gasteiger partial charge in [0.2, 0.25) is 10.0 Å². The smallest absolute Gasteiger partial charge is 0.250 e. The van der Waals surface area contributed by atoms with Crippen LogP contribution in [0, 0.1) is 5.41 Å². The summed E-state index contributed by atoms with van der Waals surface area (Å²) in [6, 6.07) is 3.27. The van der Waals surface area contributed by atoms with Crippen molar-refractivity contribution in [2.45, 2.75) is 17.1 Å². The zero-order chi connectivity index (χ0) is 13.9. The summed E-state index contributed by atoms with van der Waals surface area (Å²) in [6.07, 6.45) is 1.33. The molecule has 0 atom stereocenters. The van der Waals surface area contributed by atoms with Crippen molar-refractivity contribution in [3.05, 3.63) is 15.9 Å². The lowest BCUT2D eigenvalue weighted by Gasteiger charge is -2.35. The van der Waals surface area contributed by atoms with Crippen LogP contribution >= 0.6 is 27.3 Å². The monoisotopic (exact) mass is 369 g/mol. The van der Waals surface area contributed by atoms with Gasteiger partial charge in [-0.05, 0) is 40.9 Å². The maximum atomic E-state index is 12.1. The lowest BCUT2D eigenvalue weighted by molar-refractivity contribution is -0.0126. The fraction of sp³-hybridized carbons (Fsp3) is 0.636. The van der Waals surface area contributed by atoms with Gasteiger partial charge in [-0.25, -0.2) is 13.1 Å². The first-order chi connectivity index (χ1) is 8.97. The molecule has 1 aliphatic rings. The van der Waals surface area contributed by atoms with E-state index in [9.17, 15) is 13.5 Å². The van der Waals surface area contributed by atoms with Gasteiger partial charge in [0.25, 0.3) is 0 Å². The zero-order valence-electron chi connectivity index (χ0n) is 10.3. The van der Waals surface area contributed by atoms with Gasteiger partial charge in [-0.3, -0.25) is 0 Å². The highest BCUT2D eigenvalue weighted by Gasteiger charge is 2.33.